The summed E-state index contributed by atoms with van der Waals surface area (Å²) in [5.74, 6) is 1.04. The fourth-order valence-electron chi connectivity index (χ4n) is 3.52. The van der Waals surface area contributed by atoms with Gasteiger partial charge in [0, 0.05) is 16.8 Å². The number of piperidine rings is 2. The van der Waals surface area contributed by atoms with E-state index in [1.54, 1.807) is 11.3 Å². The minimum Gasteiger partial charge on any atom is -0.490 e. The van der Waals surface area contributed by atoms with Crippen LogP contribution in [-0.4, -0.2) is 18.2 Å². The lowest BCUT2D eigenvalue weighted by Gasteiger charge is -2.40. The van der Waals surface area contributed by atoms with Gasteiger partial charge in [0.2, 0.25) is 0 Å². The van der Waals surface area contributed by atoms with E-state index >= 15 is 0 Å². The van der Waals surface area contributed by atoms with Crippen LogP contribution in [0.5, 0.6) is 5.75 Å². The number of thiophene rings is 1. The molecule has 1 aromatic carbocycles. The smallest absolute Gasteiger partial charge is 0.120 e. The van der Waals surface area contributed by atoms with Gasteiger partial charge in [0.25, 0.3) is 0 Å². The summed E-state index contributed by atoms with van der Waals surface area (Å²) >= 11 is 1.79. The zero-order chi connectivity index (χ0) is 12.7. The number of benzene rings is 1. The van der Waals surface area contributed by atoms with Crippen LogP contribution in [0.3, 0.4) is 0 Å². The number of hydrogen-bond donors (Lipinski definition) is 1. The van der Waals surface area contributed by atoms with Gasteiger partial charge >= 0.3 is 0 Å². The number of ether oxygens (including phenoxy) is 1. The molecule has 1 N–H and O–H groups in total. The molecular weight excluding hydrogens is 254 g/mol. The summed E-state index contributed by atoms with van der Waals surface area (Å²) in [5.41, 5.74) is 0. The first-order valence-corrected chi connectivity index (χ1v) is 8.15. The maximum absolute atomic E-state index is 6.23. The third-order valence-electron chi connectivity index (χ3n) is 4.40. The van der Waals surface area contributed by atoms with Crippen molar-refractivity contribution in [2.75, 3.05) is 0 Å². The van der Waals surface area contributed by atoms with E-state index in [9.17, 15) is 0 Å². The van der Waals surface area contributed by atoms with E-state index in [0.29, 0.717) is 18.2 Å². The molecule has 4 rings (SSSR count). The van der Waals surface area contributed by atoms with Gasteiger partial charge < -0.3 is 10.1 Å². The van der Waals surface area contributed by atoms with Crippen molar-refractivity contribution in [3.05, 3.63) is 29.6 Å². The minimum absolute atomic E-state index is 0.396. The molecule has 2 fully saturated rings. The van der Waals surface area contributed by atoms with Crippen molar-refractivity contribution < 1.29 is 4.74 Å². The lowest BCUT2D eigenvalue weighted by Crippen LogP contribution is -2.51. The first kappa shape index (κ1) is 11.7. The molecule has 19 heavy (non-hydrogen) atoms. The average Bonchev–Trinajstić information content (AvgIpc) is 2.85. The molecule has 2 unspecified atom stereocenters. The maximum Gasteiger partial charge on any atom is 0.120 e. The van der Waals surface area contributed by atoms with E-state index in [1.165, 1.54) is 29.3 Å². The van der Waals surface area contributed by atoms with Crippen LogP contribution in [-0.2, 0) is 0 Å². The molecule has 1 aromatic heterocycles. The predicted molar refractivity (Wildman–Crippen MR) is 80.0 cm³/mol. The van der Waals surface area contributed by atoms with E-state index in [1.807, 2.05) is 0 Å². The van der Waals surface area contributed by atoms with Crippen molar-refractivity contribution in [2.24, 2.45) is 0 Å². The quantitative estimate of drug-likeness (QED) is 0.894. The molecule has 2 saturated heterocycles. The Balaban J connectivity index is 1.51. The average molecular weight is 273 g/mol. The first-order chi connectivity index (χ1) is 9.37. The van der Waals surface area contributed by atoms with Gasteiger partial charge in [-0.15, -0.1) is 11.3 Å². The van der Waals surface area contributed by atoms with Crippen LogP contribution in [0, 0.1) is 0 Å². The molecule has 2 aromatic rings. The standard InChI is InChI=1S/C16H19NOS/c1-2-12-9-15(10-13(3-1)17-12)18-14-4-5-16-11(8-14)6-7-19-16/h4-8,12-13,15,17H,1-3,9-10H2. The zero-order valence-corrected chi connectivity index (χ0v) is 11.8. The largest absolute Gasteiger partial charge is 0.490 e. The Morgan fingerprint density at radius 2 is 1.95 bits per heavy atom. The molecule has 2 aliphatic rings. The van der Waals surface area contributed by atoms with E-state index in [0.717, 1.165) is 18.6 Å². The van der Waals surface area contributed by atoms with Gasteiger partial charge in [0.1, 0.15) is 11.9 Å². The highest BCUT2D eigenvalue weighted by Gasteiger charge is 2.32. The van der Waals surface area contributed by atoms with Crippen LogP contribution < -0.4 is 10.1 Å². The van der Waals surface area contributed by atoms with E-state index in [-0.39, 0.29) is 0 Å². The Morgan fingerprint density at radius 1 is 1.11 bits per heavy atom. The molecule has 2 atom stereocenters. The number of hydrogen-bond acceptors (Lipinski definition) is 3. The van der Waals surface area contributed by atoms with Gasteiger partial charge in [0.15, 0.2) is 0 Å². The van der Waals surface area contributed by atoms with Crippen molar-refractivity contribution >= 4 is 21.4 Å². The highest BCUT2D eigenvalue weighted by molar-refractivity contribution is 7.17. The van der Waals surface area contributed by atoms with Gasteiger partial charge in [-0.1, -0.05) is 6.42 Å². The Kier molecular flexibility index (Phi) is 2.97. The fourth-order valence-corrected chi connectivity index (χ4v) is 4.29. The Bertz CT molecular complexity index is 567. The van der Waals surface area contributed by atoms with E-state index in [4.69, 9.17) is 4.74 Å². The SMILES string of the molecule is c1cc2cc(OC3CC4CCCC(C3)N4)ccc2s1. The molecule has 0 amide bonds. The summed E-state index contributed by atoms with van der Waals surface area (Å²) in [5, 5.41) is 7.16. The van der Waals surface area contributed by atoms with Crippen LogP contribution in [0.2, 0.25) is 0 Å². The third kappa shape index (κ3) is 2.37. The molecule has 3 heterocycles. The number of nitrogens with one attached hydrogen (secondary N) is 1. The molecule has 3 heteroatoms. The van der Waals surface area contributed by atoms with E-state index in [2.05, 4.69) is 35.0 Å². The minimum atomic E-state index is 0.396. The second-order valence-electron chi connectivity index (χ2n) is 5.82. The van der Waals surface area contributed by atoms with Crippen molar-refractivity contribution in [1.82, 2.24) is 5.32 Å². The van der Waals surface area contributed by atoms with Gasteiger partial charge in [-0.3, -0.25) is 0 Å². The summed E-state index contributed by atoms with van der Waals surface area (Å²) < 4.78 is 7.58. The molecule has 100 valence electrons. The Morgan fingerprint density at radius 3 is 2.79 bits per heavy atom. The van der Waals surface area contributed by atoms with Crippen molar-refractivity contribution in [2.45, 2.75) is 50.3 Å². The molecule has 0 radical (unpaired) electrons. The fraction of sp³-hybridized carbons (Fsp3) is 0.500. The summed E-state index contributed by atoms with van der Waals surface area (Å²) in [4.78, 5) is 0. The maximum atomic E-state index is 6.23. The molecule has 2 aliphatic heterocycles. The Labute approximate surface area is 117 Å². The summed E-state index contributed by atoms with van der Waals surface area (Å²) in [6, 6.07) is 10.0. The second-order valence-corrected chi connectivity index (χ2v) is 6.77. The van der Waals surface area contributed by atoms with Crippen LogP contribution in [0.25, 0.3) is 10.1 Å². The monoisotopic (exact) mass is 273 g/mol. The molecule has 2 bridgehead atoms. The summed E-state index contributed by atoms with van der Waals surface area (Å²) in [6.45, 7) is 0. The predicted octanol–water partition coefficient (Wildman–Crippen LogP) is 3.95. The summed E-state index contributed by atoms with van der Waals surface area (Å²) in [6.07, 6.45) is 6.75. The summed E-state index contributed by atoms with van der Waals surface area (Å²) in [7, 11) is 0. The van der Waals surface area contributed by atoms with Crippen LogP contribution in [0.15, 0.2) is 29.6 Å². The third-order valence-corrected chi connectivity index (χ3v) is 5.30. The lowest BCUT2D eigenvalue weighted by molar-refractivity contribution is 0.0928. The number of fused-ring (bicyclic) bond motifs is 3. The van der Waals surface area contributed by atoms with Crippen molar-refractivity contribution in [3.63, 3.8) is 0 Å². The second kappa shape index (κ2) is 4.80. The van der Waals surface area contributed by atoms with Gasteiger partial charge in [-0.25, -0.2) is 0 Å². The topological polar surface area (TPSA) is 21.3 Å². The molecule has 0 saturated carbocycles. The van der Waals surface area contributed by atoms with Gasteiger partial charge in [-0.05, 0) is 60.7 Å². The van der Waals surface area contributed by atoms with Crippen molar-refractivity contribution in [1.29, 1.82) is 0 Å². The normalized spacial score (nSPS) is 30.4. The highest BCUT2D eigenvalue weighted by atomic mass is 32.1. The van der Waals surface area contributed by atoms with Gasteiger partial charge in [0.05, 0.1) is 0 Å². The molecule has 0 spiro atoms. The van der Waals surface area contributed by atoms with Gasteiger partial charge in [-0.2, -0.15) is 0 Å². The zero-order valence-electron chi connectivity index (χ0n) is 11.0. The molecular formula is C16H19NOS. The first-order valence-electron chi connectivity index (χ1n) is 7.27. The van der Waals surface area contributed by atoms with Crippen LogP contribution in [0.1, 0.15) is 32.1 Å². The van der Waals surface area contributed by atoms with Crippen LogP contribution >= 0.6 is 11.3 Å². The molecule has 0 aliphatic carbocycles. The highest BCUT2D eigenvalue weighted by Crippen LogP contribution is 2.30. The Hall–Kier alpha value is -1.06. The lowest BCUT2D eigenvalue weighted by atomic mass is 9.85. The molecule has 2 nitrogen and oxygen atoms in total. The number of rotatable bonds is 2. The van der Waals surface area contributed by atoms with E-state index < -0.39 is 0 Å². The van der Waals surface area contributed by atoms with Crippen molar-refractivity contribution in [3.8, 4) is 5.75 Å². The van der Waals surface area contributed by atoms with Crippen LogP contribution in [0.4, 0.5) is 0 Å².